The molecule has 0 saturated heterocycles. The van der Waals surface area contributed by atoms with Gasteiger partial charge in [-0.1, -0.05) is 29.8 Å². The quantitative estimate of drug-likeness (QED) is 0.870. The first kappa shape index (κ1) is 11.8. The number of aryl methyl sites for hydroxylation is 1. The summed E-state index contributed by atoms with van der Waals surface area (Å²) in [4.78, 5) is 0. The smallest absolute Gasteiger partial charge is 0.137 e. The first-order chi connectivity index (χ1) is 8.11. The minimum atomic E-state index is 0.287. The summed E-state index contributed by atoms with van der Waals surface area (Å²) < 4.78 is 5.10. The molecule has 0 unspecified atom stereocenters. The highest BCUT2D eigenvalue weighted by Crippen LogP contribution is 2.32. The standard InChI is InChI=1S/C14H13ClO2/c1-9-3-4-11(8-13(9)16)10-5-6-14(17-2)12(15)7-10/h3-8,16H,1-2H3. The van der Waals surface area contributed by atoms with E-state index in [1.54, 1.807) is 13.2 Å². The fraction of sp³-hybridized carbons (Fsp3) is 0.143. The second-order valence-electron chi connectivity index (χ2n) is 3.85. The minimum absolute atomic E-state index is 0.287. The molecule has 3 heteroatoms. The molecule has 2 aromatic rings. The third-order valence-corrected chi connectivity index (χ3v) is 2.99. The number of hydrogen-bond donors (Lipinski definition) is 1. The number of phenols is 1. The van der Waals surface area contributed by atoms with Crippen molar-refractivity contribution in [1.82, 2.24) is 0 Å². The molecule has 0 atom stereocenters. The molecular weight excluding hydrogens is 236 g/mol. The predicted molar refractivity (Wildman–Crippen MR) is 69.8 cm³/mol. The molecule has 0 spiro atoms. The van der Waals surface area contributed by atoms with Gasteiger partial charge in [-0.15, -0.1) is 0 Å². The van der Waals surface area contributed by atoms with E-state index in [9.17, 15) is 5.11 Å². The molecule has 0 amide bonds. The average Bonchev–Trinajstić information content (AvgIpc) is 2.32. The number of benzene rings is 2. The number of hydrogen-bond acceptors (Lipinski definition) is 2. The molecule has 2 nitrogen and oxygen atoms in total. The molecule has 0 aliphatic carbocycles. The lowest BCUT2D eigenvalue weighted by Gasteiger charge is -2.07. The van der Waals surface area contributed by atoms with Gasteiger partial charge in [0.2, 0.25) is 0 Å². The van der Waals surface area contributed by atoms with Crippen molar-refractivity contribution in [2.75, 3.05) is 7.11 Å². The van der Waals surface area contributed by atoms with E-state index in [4.69, 9.17) is 16.3 Å². The zero-order valence-electron chi connectivity index (χ0n) is 9.70. The Kier molecular flexibility index (Phi) is 3.25. The van der Waals surface area contributed by atoms with Crippen LogP contribution in [0.1, 0.15) is 5.56 Å². The Bertz CT molecular complexity index is 550. The maximum absolute atomic E-state index is 9.67. The maximum atomic E-state index is 9.67. The lowest BCUT2D eigenvalue weighted by Crippen LogP contribution is -1.85. The van der Waals surface area contributed by atoms with Crippen LogP contribution < -0.4 is 4.74 Å². The molecule has 88 valence electrons. The summed E-state index contributed by atoms with van der Waals surface area (Å²) in [5.41, 5.74) is 2.73. The second kappa shape index (κ2) is 4.68. The van der Waals surface area contributed by atoms with Gasteiger partial charge in [0, 0.05) is 0 Å². The van der Waals surface area contributed by atoms with E-state index in [2.05, 4.69) is 0 Å². The molecule has 17 heavy (non-hydrogen) atoms. The summed E-state index contributed by atoms with van der Waals surface area (Å²) in [5, 5.41) is 10.2. The van der Waals surface area contributed by atoms with E-state index in [1.807, 2.05) is 37.3 Å². The molecule has 2 aromatic carbocycles. The van der Waals surface area contributed by atoms with Gasteiger partial charge < -0.3 is 9.84 Å². The number of aromatic hydroxyl groups is 1. The highest BCUT2D eigenvalue weighted by Gasteiger charge is 2.05. The van der Waals surface area contributed by atoms with Crippen LogP contribution in [0.15, 0.2) is 36.4 Å². The van der Waals surface area contributed by atoms with Crippen LogP contribution in [0.25, 0.3) is 11.1 Å². The van der Waals surface area contributed by atoms with Gasteiger partial charge in [0.05, 0.1) is 12.1 Å². The van der Waals surface area contributed by atoms with Crippen molar-refractivity contribution >= 4 is 11.6 Å². The van der Waals surface area contributed by atoms with Gasteiger partial charge in [-0.25, -0.2) is 0 Å². The molecule has 0 saturated carbocycles. The van der Waals surface area contributed by atoms with Crippen molar-refractivity contribution < 1.29 is 9.84 Å². The van der Waals surface area contributed by atoms with Gasteiger partial charge in [0.1, 0.15) is 11.5 Å². The van der Waals surface area contributed by atoms with Gasteiger partial charge in [0.15, 0.2) is 0 Å². The van der Waals surface area contributed by atoms with Crippen LogP contribution >= 0.6 is 11.6 Å². The van der Waals surface area contributed by atoms with Gasteiger partial charge in [-0.05, 0) is 41.8 Å². The summed E-state index contributed by atoms with van der Waals surface area (Å²) in [6.45, 7) is 1.86. The van der Waals surface area contributed by atoms with Crippen molar-refractivity contribution in [3.63, 3.8) is 0 Å². The first-order valence-electron chi connectivity index (χ1n) is 5.25. The molecule has 0 aliphatic rings. The van der Waals surface area contributed by atoms with Crippen LogP contribution in [-0.2, 0) is 0 Å². The van der Waals surface area contributed by atoms with Crippen molar-refractivity contribution in [2.45, 2.75) is 6.92 Å². The molecule has 1 N–H and O–H groups in total. The number of phenolic OH excluding ortho intramolecular Hbond substituents is 1. The van der Waals surface area contributed by atoms with Crippen LogP contribution in [0.4, 0.5) is 0 Å². The van der Waals surface area contributed by atoms with Crippen LogP contribution in [0.2, 0.25) is 5.02 Å². The Morgan fingerprint density at radius 3 is 2.29 bits per heavy atom. The number of halogens is 1. The second-order valence-corrected chi connectivity index (χ2v) is 4.26. The summed E-state index contributed by atoms with van der Waals surface area (Å²) in [5.74, 6) is 0.932. The third kappa shape index (κ3) is 2.37. The summed E-state index contributed by atoms with van der Waals surface area (Å²) in [6.07, 6.45) is 0. The van der Waals surface area contributed by atoms with Crippen molar-refractivity contribution in [3.05, 3.63) is 47.0 Å². The third-order valence-electron chi connectivity index (χ3n) is 2.69. The SMILES string of the molecule is COc1ccc(-c2ccc(C)c(O)c2)cc1Cl. The molecule has 0 radical (unpaired) electrons. The van der Waals surface area contributed by atoms with Crippen LogP contribution in [0.3, 0.4) is 0 Å². The summed E-state index contributed by atoms with van der Waals surface area (Å²) in [6, 6.07) is 11.1. The molecular formula is C14H13ClO2. The maximum Gasteiger partial charge on any atom is 0.137 e. The molecule has 0 fully saturated rings. The summed E-state index contributed by atoms with van der Waals surface area (Å²) in [7, 11) is 1.58. The van der Waals surface area contributed by atoms with Crippen molar-refractivity contribution in [3.8, 4) is 22.6 Å². The molecule has 0 heterocycles. The zero-order valence-corrected chi connectivity index (χ0v) is 10.5. The lowest BCUT2D eigenvalue weighted by molar-refractivity contribution is 0.415. The van der Waals surface area contributed by atoms with Crippen LogP contribution in [0, 0.1) is 6.92 Å². The van der Waals surface area contributed by atoms with E-state index >= 15 is 0 Å². The Hall–Kier alpha value is -1.67. The van der Waals surface area contributed by atoms with Crippen molar-refractivity contribution in [2.24, 2.45) is 0 Å². The molecule has 2 rings (SSSR count). The van der Waals surface area contributed by atoms with E-state index in [0.717, 1.165) is 16.7 Å². The van der Waals surface area contributed by atoms with Crippen LogP contribution in [-0.4, -0.2) is 12.2 Å². The Morgan fingerprint density at radius 2 is 1.71 bits per heavy atom. The van der Waals surface area contributed by atoms with E-state index in [-0.39, 0.29) is 5.75 Å². The molecule has 0 aromatic heterocycles. The first-order valence-corrected chi connectivity index (χ1v) is 5.63. The predicted octanol–water partition coefficient (Wildman–Crippen LogP) is 4.03. The largest absolute Gasteiger partial charge is 0.508 e. The van der Waals surface area contributed by atoms with Gasteiger partial charge in [0.25, 0.3) is 0 Å². The molecule has 0 bridgehead atoms. The minimum Gasteiger partial charge on any atom is -0.508 e. The van der Waals surface area contributed by atoms with E-state index < -0.39 is 0 Å². The van der Waals surface area contributed by atoms with Crippen LogP contribution in [0.5, 0.6) is 11.5 Å². The zero-order chi connectivity index (χ0) is 12.4. The van der Waals surface area contributed by atoms with Gasteiger partial charge >= 0.3 is 0 Å². The van der Waals surface area contributed by atoms with E-state index in [1.165, 1.54) is 0 Å². The number of ether oxygens (including phenoxy) is 1. The Morgan fingerprint density at radius 1 is 1.06 bits per heavy atom. The Balaban J connectivity index is 2.46. The normalized spacial score (nSPS) is 10.3. The highest BCUT2D eigenvalue weighted by atomic mass is 35.5. The van der Waals surface area contributed by atoms with E-state index in [0.29, 0.717) is 10.8 Å². The monoisotopic (exact) mass is 248 g/mol. The van der Waals surface area contributed by atoms with Gasteiger partial charge in [-0.2, -0.15) is 0 Å². The fourth-order valence-electron chi connectivity index (χ4n) is 1.63. The Labute approximate surface area is 105 Å². The lowest BCUT2D eigenvalue weighted by atomic mass is 10.0. The number of methoxy groups -OCH3 is 1. The van der Waals surface area contributed by atoms with Gasteiger partial charge in [-0.3, -0.25) is 0 Å². The average molecular weight is 249 g/mol. The summed E-state index contributed by atoms with van der Waals surface area (Å²) >= 11 is 6.06. The highest BCUT2D eigenvalue weighted by molar-refractivity contribution is 6.32. The number of rotatable bonds is 2. The molecule has 0 aliphatic heterocycles. The fourth-order valence-corrected chi connectivity index (χ4v) is 1.89. The topological polar surface area (TPSA) is 29.5 Å². The van der Waals surface area contributed by atoms with Crippen molar-refractivity contribution in [1.29, 1.82) is 0 Å².